The number of carbonyl (C=O) groups excluding carboxylic acids is 1. The molecule has 150 valence electrons. The van der Waals surface area contributed by atoms with E-state index in [0.717, 1.165) is 12.1 Å². The number of piperazine rings is 1. The molecule has 1 aliphatic rings. The second-order valence-electron chi connectivity index (χ2n) is 6.73. The van der Waals surface area contributed by atoms with Gasteiger partial charge in [-0.25, -0.2) is 8.42 Å². The maximum atomic E-state index is 12.3. The normalized spacial score (nSPS) is 16.1. The highest BCUT2D eigenvalue weighted by molar-refractivity contribution is 7.89. The number of benzene rings is 2. The Hall–Kier alpha value is -1.93. The predicted molar refractivity (Wildman–Crippen MR) is 112 cm³/mol. The van der Waals surface area contributed by atoms with Crippen LogP contribution < -0.4 is 5.32 Å². The molecule has 1 fully saturated rings. The zero-order valence-corrected chi connectivity index (χ0v) is 17.3. The lowest BCUT2D eigenvalue weighted by Gasteiger charge is -2.33. The number of hydrogen-bond donors (Lipinski definition) is 1. The molecule has 0 unspecified atom stereocenters. The topological polar surface area (TPSA) is 69.7 Å². The van der Waals surface area contributed by atoms with Crippen molar-refractivity contribution in [3.8, 4) is 0 Å². The average molecular weight is 422 g/mol. The molecule has 0 aliphatic carbocycles. The molecule has 0 aromatic heterocycles. The Balaban J connectivity index is 1.53. The van der Waals surface area contributed by atoms with Crippen molar-refractivity contribution in [3.63, 3.8) is 0 Å². The summed E-state index contributed by atoms with van der Waals surface area (Å²) in [6.45, 7) is 4.87. The number of carbonyl (C=O) groups is 1. The van der Waals surface area contributed by atoms with E-state index in [4.69, 9.17) is 11.6 Å². The molecule has 6 nitrogen and oxygen atoms in total. The molecule has 0 radical (unpaired) electrons. The summed E-state index contributed by atoms with van der Waals surface area (Å²) < 4.78 is 25.4. The summed E-state index contributed by atoms with van der Waals surface area (Å²) in [5.74, 6) is -0.0285. The molecule has 1 aliphatic heterocycles. The number of nitrogens with zero attached hydrogens (tertiary/aromatic N) is 2. The number of sulfonamides is 1. The van der Waals surface area contributed by atoms with Crippen LogP contribution in [0.4, 0.5) is 5.69 Å². The minimum Gasteiger partial charge on any atom is -0.322 e. The van der Waals surface area contributed by atoms with E-state index in [1.807, 2.05) is 12.1 Å². The van der Waals surface area contributed by atoms with Crippen LogP contribution in [0.15, 0.2) is 48.5 Å². The van der Waals surface area contributed by atoms with Crippen LogP contribution in [0.1, 0.15) is 22.8 Å². The third-order valence-electron chi connectivity index (χ3n) is 4.81. The second kappa shape index (κ2) is 9.05. The number of anilines is 1. The average Bonchev–Trinajstić information content (AvgIpc) is 2.70. The van der Waals surface area contributed by atoms with Crippen LogP contribution in [-0.2, 0) is 16.6 Å². The van der Waals surface area contributed by atoms with E-state index in [2.05, 4.69) is 10.2 Å². The molecule has 0 atom stereocenters. The first-order chi connectivity index (χ1) is 13.4. The van der Waals surface area contributed by atoms with Crippen LogP contribution in [0.25, 0.3) is 0 Å². The number of hydrogen-bond acceptors (Lipinski definition) is 4. The van der Waals surface area contributed by atoms with E-state index in [1.165, 1.54) is 0 Å². The fourth-order valence-electron chi connectivity index (χ4n) is 3.10. The van der Waals surface area contributed by atoms with Crippen LogP contribution in [-0.4, -0.2) is 55.5 Å². The van der Waals surface area contributed by atoms with Gasteiger partial charge in [0, 0.05) is 49.0 Å². The first-order valence-electron chi connectivity index (χ1n) is 9.23. The largest absolute Gasteiger partial charge is 0.322 e. The molecule has 3 rings (SSSR count). The Bertz CT molecular complexity index is 907. The predicted octanol–water partition coefficient (Wildman–Crippen LogP) is 3.06. The molecule has 0 bridgehead atoms. The molecular formula is C20H24ClN3O3S. The van der Waals surface area contributed by atoms with Crippen LogP contribution in [0.5, 0.6) is 0 Å². The fourth-order valence-corrected chi connectivity index (χ4v) is 4.32. The third-order valence-corrected chi connectivity index (χ3v) is 6.95. The van der Waals surface area contributed by atoms with E-state index < -0.39 is 10.0 Å². The highest BCUT2D eigenvalue weighted by Gasteiger charge is 2.25. The summed E-state index contributed by atoms with van der Waals surface area (Å²) in [5.41, 5.74) is 2.37. The number of nitrogens with one attached hydrogen (secondary N) is 1. The summed E-state index contributed by atoms with van der Waals surface area (Å²) in [6.07, 6.45) is 0. The molecule has 2 aromatic carbocycles. The van der Waals surface area contributed by atoms with Gasteiger partial charge in [-0.2, -0.15) is 4.31 Å². The second-order valence-corrected chi connectivity index (χ2v) is 9.43. The molecular weight excluding hydrogens is 398 g/mol. The smallest absolute Gasteiger partial charge is 0.255 e. The fraction of sp³-hybridized carbons (Fsp3) is 0.350. The van der Waals surface area contributed by atoms with E-state index in [-0.39, 0.29) is 11.7 Å². The van der Waals surface area contributed by atoms with Crippen molar-refractivity contribution in [3.05, 3.63) is 64.7 Å². The minimum atomic E-state index is -3.11. The van der Waals surface area contributed by atoms with Crippen LogP contribution >= 0.6 is 11.6 Å². The first kappa shape index (κ1) is 20.8. The summed E-state index contributed by atoms with van der Waals surface area (Å²) in [6, 6.07) is 14.5. The van der Waals surface area contributed by atoms with Crippen LogP contribution in [0, 0.1) is 0 Å². The van der Waals surface area contributed by atoms with Gasteiger partial charge in [0.25, 0.3) is 5.91 Å². The van der Waals surface area contributed by atoms with Crippen molar-refractivity contribution in [1.29, 1.82) is 0 Å². The van der Waals surface area contributed by atoms with E-state index in [1.54, 1.807) is 47.6 Å². The van der Waals surface area contributed by atoms with Crippen molar-refractivity contribution in [2.24, 2.45) is 0 Å². The number of rotatable bonds is 6. The molecule has 1 N–H and O–H groups in total. The lowest BCUT2D eigenvalue weighted by atomic mass is 10.1. The first-order valence-corrected chi connectivity index (χ1v) is 11.2. The number of halogens is 1. The van der Waals surface area contributed by atoms with Gasteiger partial charge in [0.15, 0.2) is 0 Å². The molecule has 1 heterocycles. The van der Waals surface area contributed by atoms with Gasteiger partial charge in [-0.15, -0.1) is 0 Å². The molecule has 1 amide bonds. The SMILES string of the molecule is CCS(=O)(=O)N1CCN(Cc2ccc(C(=O)Nc3ccc(Cl)cc3)cc2)CC1. The van der Waals surface area contributed by atoms with Gasteiger partial charge in [0.1, 0.15) is 0 Å². The van der Waals surface area contributed by atoms with Gasteiger partial charge in [-0.3, -0.25) is 9.69 Å². The molecule has 1 saturated heterocycles. The lowest BCUT2D eigenvalue weighted by Crippen LogP contribution is -2.48. The third kappa shape index (κ3) is 5.32. The van der Waals surface area contributed by atoms with Crippen molar-refractivity contribution in [2.45, 2.75) is 13.5 Å². The molecule has 28 heavy (non-hydrogen) atoms. The Morgan fingerprint density at radius 1 is 1.00 bits per heavy atom. The lowest BCUT2D eigenvalue weighted by molar-refractivity contribution is 0.102. The highest BCUT2D eigenvalue weighted by Crippen LogP contribution is 2.16. The van der Waals surface area contributed by atoms with Gasteiger partial charge < -0.3 is 5.32 Å². The van der Waals surface area contributed by atoms with Gasteiger partial charge in [-0.1, -0.05) is 23.7 Å². The van der Waals surface area contributed by atoms with Gasteiger partial charge >= 0.3 is 0 Å². The summed E-state index contributed by atoms with van der Waals surface area (Å²) in [7, 11) is -3.11. The monoisotopic (exact) mass is 421 g/mol. The van der Waals surface area contributed by atoms with Crippen molar-refractivity contribution in [1.82, 2.24) is 9.21 Å². The summed E-state index contributed by atoms with van der Waals surface area (Å²) in [5, 5.41) is 3.46. The maximum Gasteiger partial charge on any atom is 0.255 e. The van der Waals surface area contributed by atoms with Crippen molar-refractivity contribution in [2.75, 3.05) is 37.2 Å². The van der Waals surface area contributed by atoms with Gasteiger partial charge in [0.2, 0.25) is 10.0 Å². The quantitative estimate of drug-likeness (QED) is 0.778. The Kier molecular flexibility index (Phi) is 6.72. The van der Waals surface area contributed by atoms with Crippen molar-refractivity contribution < 1.29 is 13.2 Å². The summed E-state index contributed by atoms with van der Waals surface area (Å²) >= 11 is 5.85. The highest BCUT2D eigenvalue weighted by atomic mass is 35.5. The molecule has 8 heteroatoms. The zero-order chi connectivity index (χ0) is 20.1. The zero-order valence-electron chi connectivity index (χ0n) is 15.8. The van der Waals surface area contributed by atoms with Gasteiger partial charge in [0.05, 0.1) is 5.75 Å². The molecule has 0 saturated carbocycles. The Morgan fingerprint density at radius 2 is 1.61 bits per heavy atom. The van der Waals surface area contributed by atoms with Crippen LogP contribution in [0.2, 0.25) is 5.02 Å². The van der Waals surface area contributed by atoms with E-state index >= 15 is 0 Å². The van der Waals surface area contributed by atoms with E-state index in [0.29, 0.717) is 42.5 Å². The maximum absolute atomic E-state index is 12.3. The summed E-state index contributed by atoms with van der Waals surface area (Å²) in [4.78, 5) is 14.6. The number of amides is 1. The molecule has 2 aromatic rings. The minimum absolute atomic E-state index is 0.145. The molecule has 0 spiro atoms. The van der Waals surface area contributed by atoms with Crippen molar-refractivity contribution >= 4 is 33.2 Å². The van der Waals surface area contributed by atoms with E-state index in [9.17, 15) is 13.2 Å². The van der Waals surface area contributed by atoms with Gasteiger partial charge in [-0.05, 0) is 48.9 Å². The Labute approximate surface area is 171 Å². The van der Waals surface area contributed by atoms with Crippen LogP contribution in [0.3, 0.4) is 0 Å². The standard InChI is InChI=1S/C20H24ClN3O3S/c1-2-28(26,27)24-13-11-23(12-14-24)15-16-3-5-17(6-4-16)20(25)22-19-9-7-18(21)8-10-19/h3-10H,2,11-15H2,1H3,(H,22,25). The Morgan fingerprint density at radius 3 is 2.18 bits per heavy atom.